The number of hydrogen-bond acceptors (Lipinski definition) is 6. The van der Waals surface area contributed by atoms with Gasteiger partial charge >= 0.3 is 5.97 Å². The summed E-state index contributed by atoms with van der Waals surface area (Å²) in [4.78, 5) is 21.8. The van der Waals surface area contributed by atoms with E-state index in [1.165, 1.54) is 11.8 Å². The van der Waals surface area contributed by atoms with E-state index >= 15 is 0 Å². The Balaban J connectivity index is 2.06. The van der Waals surface area contributed by atoms with Gasteiger partial charge in [-0.3, -0.25) is 9.69 Å². The molecule has 0 radical (unpaired) electrons. The molecule has 7 heteroatoms. The Labute approximate surface area is 119 Å². The van der Waals surface area contributed by atoms with Crippen LogP contribution in [0.15, 0.2) is 40.5 Å². The Morgan fingerprint density at radius 2 is 2.10 bits per heavy atom. The third kappa shape index (κ3) is 2.21. The maximum absolute atomic E-state index is 10.8. The van der Waals surface area contributed by atoms with Crippen molar-refractivity contribution in [2.45, 2.75) is 16.3 Å². The molecule has 0 saturated heterocycles. The second-order valence-electron chi connectivity index (χ2n) is 4.23. The fourth-order valence-electron chi connectivity index (χ4n) is 2.08. The van der Waals surface area contributed by atoms with E-state index < -0.39 is 5.97 Å². The molecule has 102 valence electrons. The van der Waals surface area contributed by atoms with Crippen LogP contribution >= 0.6 is 11.8 Å². The van der Waals surface area contributed by atoms with Crippen LogP contribution in [0.1, 0.15) is 5.56 Å². The van der Waals surface area contributed by atoms with Gasteiger partial charge < -0.3 is 10.2 Å². The van der Waals surface area contributed by atoms with E-state index in [9.17, 15) is 9.90 Å². The van der Waals surface area contributed by atoms with E-state index in [-0.39, 0.29) is 13.2 Å². The summed E-state index contributed by atoms with van der Waals surface area (Å²) in [5.74, 6) is -0.302. The van der Waals surface area contributed by atoms with Gasteiger partial charge in [-0.05, 0) is 17.7 Å². The minimum absolute atomic E-state index is 0.0511. The number of benzene rings is 1. The lowest BCUT2D eigenvalue weighted by Gasteiger charge is -2.29. The molecule has 1 aliphatic heterocycles. The first kappa shape index (κ1) is 12.9. The molecule has 0 bridgehead atoms. The molecule has 0 fully saturated rings. The van der Waals surface area contributed by atoms with Gasteiger partial charge in [0.25, 0.3) is 0 Å². The quantitative estimate of drug-likeness (QED) is 0.888. The van der Waals surface area contributed by atoms with Gasteiger partial charge in [0.2, 0.25) is 0 Å². The number of carboxylic acid groups (broad SMARTS) is 1. The third-order valence-corrected chi connectivity index (χ3v) is 3.97. The van der Waals surface area contributed by atoms with Crippen molar-refractivity contribution in [3.63, 3.8) is 0 Å². The normalized spacial score (nSPS) is 12.8. The first-order valence-corrected chi connectivity index (χ1v) is 6.72. The number of carbonyl (C=O) groups is 1. The van der Waals surface area contributed by atoms with Gasteiger partial charge in [-0.25, -0.2) is 9.97 Å². The molecule has 6 nitrogen and oxygen atoms in total. The van der Waals surface area contributed by atoms with Crippen LogP contribution in [0.25, 0.3) is 0 Å². The first-order chi connectivity index (χ1) is 9.69. The van der Waals surface area contributed by atoms with Crippen molar-refractivity contribution in [2.24, 2.45) is 0 Å². The van der Waals surface area contributed by atoms with E-state index in [0.717, 1.165) is 15.6 Å². The van der Waals surface area contributed by atoms with Crippen LogP contribution in [0.3, 0.4) is 0 Å². The number of nitrogens with zero attached hydrogens (tertiary/aromatic N) is 3. The predicted molar refractivity (Wildman–Crippen MR) is 73.2 cm³/mol. The topological polar surface area (TPSA) is 86.5 Å². The molecule has 1 aliphatic rings. The van der Waals surface area contributed by atoms with Crippen molar-refractivity contribution in [1.29, 1.82) is 0 Å². The van der Waals surface area contributed by atoms with Crippen molar-refractivity contribution in [3.05, 3.63) is 36.2 Å². The van der Waals surface area contributed by atoms with Crippen molar-refractivity contribution in [3.8, 4) is 0 Å². The number of aliphatic carboxylic acids is 1. The van der Waals surface area contributed by atoms with Gasteiger partial charge in [-0.15, -0.1) is 0 Å². The predicted octanol–water partition coefficient (Wildman–Crippen LogP) is 1.66. The molecule has 0 saturated carbocycles. The highest BCUT2D eigenvalue weighted by Crippen LogP contribution is 2.45. The summed E-state index contributed by atoms with van der Waals surface area (Å²) in [5, 5.41) is 19.2. The standard InChI is InChI=1S/C13H11N3O3S/c17-7-16-9-5-8(6-11(18)19)1-2-10(9)20-13-12(16)14-3-4-15-13/h1-5,17H,6-7H2,(H,18,19). The molecule has 2 heterocycles. The summed E-state index contributed by atoms with van der Waals surface area (Å²) >= 11 is 1.46. The minimum atomic E-state index is -0.885. The van der Waals surface area contributed by atoms with E-state index in [0.29, 0.717) is 11.4 Å². The molecule has 0 spiro atoms. The summed E-state index contributed by atoms with van der Waals surface area (Å²) in [6.07, 6.45) is 3.11. The zero-order valence-corrected chi connectivity index (χ0v) is 11.2. The maximum atomic E-state index is 10.8. The summed E-state index contributed by atoms with van der Waals surface area (Å²) in [6.45, 7) is -0.240. The number of hydrogen-bond donors (Lipinski definition) is 2. The Hall–Kier alpha value is -2.12. The molecule has 2 N–H and O–H groups in total. The number of anilines is 2. The second-order valence-corrected chi connectivity index (χ2v) is 5.26. The molecule has 3 rings (SSSR count). The highest BCUT2D eigenvalue weighted by atomic mass is 32.2. The lowest BCUT2D eigenvalue weighted by atomic mass is 10.1. The van der Waals surface area contributed by atoms with Gasteiger partial charge in [0.1, 0.15) is 11.8 Å². The van der Waals surface area contributed by atoms with Crippen molar-refractivity contribution in [1.82, 2.24) is 9.97 Å². The Bertz CT molecular complexity index is 678. The Morgan fingerprint density at radius 1 is 1.30 bits per heavy atom. The maximum Gasteiger partial charge on any atom is 0.307 e. The summed E-state index contributed by atoms with van der Waals surface area (Å²) < 4.78 is 0. The molecule has 20 heavy (non-hydrogen) atoms. The molecular weight excluding hydrogens is 278 g/mol. The van der Waals surface area contributed by atoms with E-state index in [4.69, 9.17) is 5.11 Å². The van der Waals surface area contributed by atoms with Gasteiger partial charge in [0, 0.05) is 17.3 Å². The number of rotatable bonds is 3. The molecule has 0 amide bonds. The average molecular weight is 289 g/mol. The van der Waals surface area contributed by atoms with Gasteiger partial charge in [0.15, 0.2) is 5.82 Å². The fourth-order valence-corrected chi connectivity index (χ4v) is 3.07. The van der Waals surface area contributed by atoms with E-state index in [1.54, 1.807) is 29.4 Å². The van der Waals surface area contributed by atoms with E-state index in [2.05, 4.69) is 9.97 Å². The third-order valence-electron chi connectivity index (χ3n) is 2.92. The Kier molecular flexibility index (Phi) is 3.29. The monoisotopic (exact) mass is 289 g/mol. The highest BCUT2D eigenvalue weighted by Gasteiger charge is 2.25. The lowest BCUT2D eigenvalue weighted by Crippen LogP contribution is -2.23. The number of aliphatic hydroxyl groups excluding tert-OH is 1. The number of fused-ring (bicyclic) bond motifs is 2. The van der Waals surface area contributed by atoms with Crippen molar-refractivity contribution >= 4 is 29.2 Å². The van der Waals surface area contributed by atoms with E-state index in [1.807, 2.05) is 6.07 Å². The summed E-state index contributed by atoms with van der Waals surface area (Å²) in [6, 6.07) is 5.39. The van der Waals surface area contributed by atoms with Gasteiger partial charge in [0.05, 0.1) is 12.1 Å². The van der Waals surface area contributed by atoms with Crippen molar-refractivity contribution < 1.29 is 15.0 Å². The summed E-state index contributed by atoms with van der Waals surface area (Å²) in [5.41, 5.74) is 1.44. The molecule has 0 aliphatic carbocycles. The van der Waals surface area contributed by atoms with Gasteiger partial charge in [-0.1, -0.05) is 17.8 Å². The fraction of sp³-hybridized carbons (Fsp3) is 0.154. The number of aromatic nitrogens is 2. The molecule has 1 aromatic carbocycles. The SMILES string of the molecule is O=C(O)Cc1ccc2c(c1)N(CO)c1nccnc1S2. The van der Waals surface area contributed by atoms with Gasteiger partial charge in [-0.2, -0.15) is 0 Å². The van der Waals surface area contributed by atoms with Crippen LogP contribution in [0.5, 0.6) is 0 Å². The zero-order chi connectivity index (χ0) is 14.1. The van der Waals surface area contributed by atoms with Crippen LogP contribution in [-0.2, 0) is 11.2 Å². The smallest absolute Gasteiger partial charge is 0.307 e. The number of carboxylic acids is 1. The zero-order valence-electron chi connectivity index (χ0n) is 10.4. The van der Waals surface area contributed by atoms with Crippen LogP contribution in [0.4, 0.5) is 11.5 Å². The molecule has 0 unspecified atom stereocenters. The highest BCUT2D eigenvalue weighted by molar-refractivity contribution is 7.99. The molecule has 1 aromatic heterocycles. The van der Waals surface area contributed by atoms with Crippen LogP contribution in [0, 0.1) is 0 Å². The largest absolute Gasteiger partial charge is 0.481 e. The number of aliphatic hydroxyl groups is 1. The molecule has 2 aromatic rings. The van der Waals surface area contributed by atoms with Crippen LogP contribution < -0.4 is 4.90 Å². The Morgan fingerprint density at radius 3 is 2.85 bits per heavy atom. The lowest BCUT2D eigenvalue weighted by molar-refractivity contribution is -0.136. The van der Waals surface area contributed by atoms with Crippen molar-refractivity contribution in [2.75, 3.05) is 11.6 Å². The molecular formula is C13H11N3O3S. The van der Waals surface area contributed by atoms with Crippen LogP contribution in [-0.4, -0.2) is 32.9 Å². The second kappa shape index (κ2) is 5.10. The van der Waals surface area contributed by atoms with Crippen LogP contribution in [0.2, 0.25) is 0 Å². The molecule has 0 atom stereocenters. The average Bonchev–Trinajstić information content (AvgIpc) is 2.44. The first-order valence-electron chi connectivity index (χ1n) is 5.91. The minimum Gasteiger partial charge on any atom is -0.481 e. The summed E-state index contributed by atoms with van der Waals surface area (Å²) in [7, 11) is 0.